The highest BCUT2D eigenvalue weighted by Crippen LogP contribution is 2.44. The number of imidazole rings is 1. The van der Waals surface area contributed by atoms with Crippen molar-refractivity contribution in [1.29, 1.82) is 5.26 Å². The van der Waals surface area contributed by atoms with Gasteiger partial charge in [0.05, 0.1) is 33.1 Å². The molecule has 0 aliphatic carbocycles. The topological polar surface area (TPSA) is 41.1 Å². The number of nitrogens with zero attached hydrogens (tertiary/aromatic N) is 3. The van der Waals surface area contributed by atoms with Gasteiger partial charge in [0, 0.05) is 20.9 Å². The predicted octanol–water partition coefficient (Wildman–Crippen LogP) is 13.2. The fourth-order valence-corrected chi connectivity index (χ4v) is 9.42. The Morgan fingerprint density at radius 1 is 0.481 bits per heavy atom. The van der Waals surface area contributed by atoms with Crippen LogP contribution in [0.1, 0.15) is 5.56 Å². The van der Waals surface area contributed by atoms with Crippen molar-refractivity contribution in [2.75, 3.05) is 0 Å². The van der Waals surface area contributed by atoms with Crippen LogP contribution in [0.4, 0.5) is 0 Å². The lowest BCUT2D eigenvalue weighted by Crippen LogP contribution is -1.93. The van der Waals surface area contributed by atoms with Crippen molar-refractivity contribution in [3.63, 3.8) is 0 Å². The Balaban J connectivity index is 1.13. The van der Waals surface area contributed by atoms with E-state index >= 15 is 0 Å². The van der Waals surface area contributed by atoms with Crippen LogP contribution in [0.15, 0.2) is 164 Å². The molecule has 0 bridgehead atoms. The monoisotopic (exact) mass is 677 g/mol. The van der Waals surface area contributed by atoms with E-state index < -0.39 is 0 Å². The van der Waals surface area contributed by atoms with E-state index in [0.717, 1.165) is 44.6 Å². The van der Waals surface area contributed by atoms with E-state index in [1.165, 1.54) is 58.1 Å². The van der Waals surface area contributed by atoms with Crippen molar-refractivity contribution in [2.45, 2.75) is 0 Å². The first-order valence-electron chi connectivity index (χ1n) is 17.4. The van der Waals surface area contributed by atoms with Crippen molar-refractivity contribution in [2.24, 2.45) is 0 Å². The molecule has 0 atom stereocenters. The van der Waals surface area contributed by atoms with Gasteiger partial charge < -0.3 is 0 Å². The number of pyridine rings is 1. The number of hydrogen-bond donors (Lipinski definition) is 0. The average molecular weight is 678 g/mol. The molecule has 0 aliphatic heterocycles. The van der Waals surface area contributed by atoms with E-state index in [1.54, 1.807) is 0 Å². The molecule has 11 rings (SSSR count). The van der Waals surface area contributed by atoms with Gasteiger partial charge in [-0.25, -0.2) is 4.98 Å². The number of benzene rings is 8. The summed E-state index contributed by atoms with van der Waals surface area (Å²) in [7, 11) is 0. The van der Waals surface area contributed by atoms with Gasteiger partial charge in [0.15, 0.2) is 5.65 Å². The maximum atomic E-state index is 9.31. The van der Waals surface area contributed by atoms with Crippen molar-refractivity contribution in [3.8, 4) is 39.6 Å². The van der Waals surface area contributed by atoms with E-state index in [4.69, 9.17) is 4.98 Å². The Hall–Kier alpha value is -6.80. The highest BCUT2D eigenvalue weighted by molar-refractivity contribution is 7.27. The Morgan fingerprint density at radius 2 is 1.06 bits per heavy atom. The van der Waals surface area contributed by atoms with Gasteiger partial charge in [-0.05, 0) is 79.0 Å². The normalized spacial score (nSPS) is 11.8. The number of hydrogen-bond acceptors (Lipinski definition) is 3. The number of nitriles is 1. The van der Waals surface area contributed by atoms with Crippen molar-refractivity contribution >= 4 is 80.5 Å². The number of fused-ring (bicyclic) bond motifs is 12. The molecule has 11 aromatic rings. The van der Waals surface area contributed by atoms with Gasteiger partial charge in [-0.15, -0.1) is 11.3 Å². The van der Waals surface area contributed by atoms with Crippen LogP contribution in [0.2, 0.25) is 0 Å². The molecule has 240 valence electrons. The average Bonchev–Trinajstić information content (AvgIpc) is 3.80. The summed E-state index contributed by atoms with van der Waals surface area (Å²) in [5.41, 5.74) is 10.7. The summed E-state index contributed by atoms with van der Waals surface area (Å²) >= 11 is 1.85. The SMILES string of the molecule is N#Cc1ccc(-c2ccc(-c3ccc(-c4cc5c6ccc7ccccc7c6sc5c5nc6c7ccccc7ccc6n45)cc3)c3ccccc23)cc1. The largest absolute Gasteiger partial charge is 0.291 e. The number of thiophene rings is 1. The van der Waals surface area contributed by atoms with Gasteiger partial charge >= 0.3 is 0 Å². The summed E-state index contributed by atoms with van der Waals surface area (Å²) in [6.45, 7) is 0. The summed E-state index contributed by atoms with van der Waals surface area (Å²) in [6.07, 6.45) is 0. The molecular formula is C48H27N3S. The first-order valence-corrected chi connectivity index (χ1v) is 18.3. The second-order valence-electron chi connectivity index (χ2n) is 13.4. The van der Waals surface area contributed by atoms with Gasteiger partial charge in [-0.2, -0.15) is 5.26 Å². The lowest BCUT2D eigenvalue weighted by molar-refractivity contribution is 1.25. The first kappa shape index (κ1) is 29.0. The van der Waals surface area contributed by atoms with Crippen molar-refractivity contribution in [1.82, 2.24) is 9.38 Å². The minimum absolute atomic E-state index is 0.666. The van der Waals surface area contributed by atoms with Crippen LogP contribution in [0.25, 0.3) is 103 Å². The van der Waals surface area contributed by atoms with E-state index in [1.807, 2.05) is 35.6 Å². The second kappa shape index (κ2) is 11.1. The van der Waals surface area contributed by atoms with Gasteiger partial charge in [0.2, 0.25) is 0 Å². The summed E-state index contributed by atoms with van der Waals surface area (Å²) in [4.78, 5) is 5.43. The summed E-state index contributed by atoms with van der Waals surface area (Å²) in [5, 5.41) is 19.1. The van der Waals surface area contributed by atoms with Crippen LogP contribution in [-0.4, -0.2) is 9.38 Å². The maximum absolute atomic E-state index is 9.31. The fraction of sp³-hybridized carbons (Fsp3) is 0. The standard InChI is InChI=1S/C48H27N3S/c49-28-29-13-15-32(16-14-29)35-24-25-36(40-12-6-5-11-39(35)40)33-17-19-34(20-18-33)44-27-42-41-23-21-31-8-2-4-10-38(31)46(41)52-47(42)48-50-45-37-9-3-1-7-30(37)22-26-43(45)51(44)48/h1-27H. The number of rotatable bonds is 3. The van der Waals surface area contributed by atoms with Crippen LogP contribution in [0.5, 0.6) is 0 Å². The van der Waals surface area contributed by atoms with Crippen LogP contribution in [0.3, 0.4) is 0 Å². The Labute approximate surface area is 302 Å². The van der Waals surface area contributed by atoms with Crippen LogP contribution < -0.4 is 0 Å². The molecule has 3 aromatic heterocycles. The molecule has 0 unspecified atom stereocenters. The van der Waals surface area contributed by atoms with Gasteiger partial charge in [0.25, 0.3) is 0 Å². The maximum Gasteiger partial charge on any atom is 0.156 e. The third-order valence-electron chi connectivity index (χ3n) is 10.6. The zero-order valence-electron chi connectivity index (χ0n) is 27.8. The summed E-state index contributed by atoms with van der Waals surface area (Å²) in [6, 6.07) is 60.7. The fourth-order valence-electron chi connectivity index (χ4n) is 8.12. The molecule has 0 radical (unpaired) electrons. The van der Waals surface area contributed by atoms with E-state index in [9.17, 15) is 5.26 Å². The minimum Gasteiger partial charge on any atom is -0.291 e. The molecule has 0 N–H and O–H groups in total. The van der Waals surface area contributed by atoms with Crippen molar-refractivity contribution < 1.29 is 0 Å². The first-order chi connectivity index (χ1) is 25.7. The predicted molar refractivity (Wildman–Crippen MR) is 219 cm³/mol. The van der Waals surface area contributed by atoms with E-state index in [2.05, 4.69) is 150 Å². The Kier molecular flexibility index (Phi) is 6.19. The molecule has 8 aromatic carbocycles. The van der Waals surface area contributed by atoms with E-state index in [0.29, 0.717) is 5.56 Å². The third kappa shape index (κ3) is 4.21. The van der Waals surface area contributed by atoms with Crippen LogP contribution >= 0.6 is 11.3 Å². The molecule has 52 heavy (non-hydrogen) atoms. The zero-order valence-corrected chi connectivity index (χ0v) is 28.7. The molecule has 4 heteroatoms. The summed E-state index contributed by atoms with van der Waals surface area (Å²) in [5.74, 6) is 0. The van der Waals surface area contributed by atoms with Crippen LogP contribution in [-0.2, 0) is 0 Å². The zero-order chi connectivity index (χ0) is 34.3. The second-order valence-corrected chi connectivity index (χ2v) is 14.5. The van der Waals surface area contributed by atoms with Crippen LogP contribution in [0, 0.1) is 11.3 Å². The Morgan fingerprint density at radius 3 is 1.75 bits per heavy atom. The summed E-state index contributed by atoms with van der Waals surface area (Å²) < 4.78 is 4.88. The highest BCUT2D eigenvalue weighted by Gasteiger charge is 2.20. The molecule has 0 fully saturated rings. The lowest BCUT2D eigenvalue weighted by atomic mass is 9.91. The van der Waals surface area contributed by atoms with Crippen molar-refractivity contribution in [3.05, 3.63) is 169 Å². The molecule has 0 saturated carbocycles. The molecule has 0 spiro atoms. The Bertz CT molecular complexity index is 3290. The lowest BCUT2D eigenvalue weighted by Gasteiger charge is -2.13. The molecule has 0 amide bonds. The minimum atomic E-state index is 0.666. The molecular weight excluding hydrogens is 651 g/mol. The molecule has 3 heterocycles. The smallest absolute Gasteiger partial charge is 0.156 e. The molecule has 0 saturated heterocycles. The highest BCUT2D eigenvalue weighted by atomic mass is 32.1. The van der Waals surface area contributed by atoms with Gasteiger partial charge in [-0.1, -0.05) is 140 Å². The van der Waals surface area contributed by atoms with E-state index in [-0.39, 0.29) is 0 Å². The van der Waals surface area contributed by atoms with Gasteiger partial charge in [-0.3, -0.25) is 4.40 Å². The van der Waals surface area contributed by atoms with Gasteiger partial charge in [0.1, 0.15) is 0 Å². The molecule has 0 aliphatic rings. The third-order valence-corrected chi connectivity index (χ3v) is 11.9. The molecule has 3 nitrogen and oxygen atoms in total. The number of aromatic nitrogens is 2. The quantitative estimate of drug-likeness (QED) is 0.187.